The standard InChI is InChI=1S/C13H18O3/c1-2-15-10-5-3-6-11(9-10)16-13-8-4-7-12(13)14/h3,5-6,9,12-14H,2,4,7-8H2,1H3/t12-,13-/m1/s1. The number of ether oxygens (including phenoxy) is 2. The van der Waals surface area contributed by atoms with Crippen LogP contribution in [0.4, 0.5) is 0 Å². The van der Waals surface area contributed by atoms with Gasteiger partial charge in [0.2, 0.25) is 0 Å². The number of aliphatic hydroxyl groups excluding tert-OH is 1. The summed E-state index contributed by atoms with van der Waals surface area (Å²) in [5.41, 5.74) is 0. The van der Waals surface area contributed by atoms with Gasteiger partial charge in [0.05, 0.1) is 12.7 Å². The third-order valence-corrected chi connectivity index (χ3v) is 2.82. The second-order valence-electron chi connectivity index (χ2n) is 4.06. The fourth-order valence-corrected chi connectivity index (χ4v) is 2.02. The lowest BCUT2D eigenvalue weighted by Crippen LogP contribution is -2.25. The van der Waals surface area contributed by atoms with Gasteiger partial charge in [-0.2, -0.15) is 0 Å². The van der Waals surface area contributed by atoms with Gasteiger partial charge in [0.25, 0.3) is 0 Å². The lowest BCUT2D eigenvalue weighted by molar-refractivity contribution is 0.0602. The maximum absolute atomic E-state index is 9.67. The summed E-state index contributed by atoms with van der Waals surface area (Å²) in [5, 5.41) is 9.67. The molecule has 0 bridgehead atoms. The highest BCUT2D eigenvalue weighted by molar-refractivity contribution is 5.33. The highest BCUT2D eigenvalue weighted by Crippen LogP contribution is 2.26. The molecule has 1 N–H and O–H groups in total. The van der Waals surface area contributed by atoms with Crippen LogP contribution < -0.4 is 9.47 Å². The van der Waals surface area contributed by atoms with Crippen molar-refractivity contribution in [2.75, 3.05) is 6.61 Å². The quantitative estimate of drug-likeness (QED) is 0.850. The van der Waals surface area contributed by atoms with Crippen molar-refractivity contribution in [2.24, 2.45) is 0 Å². The Kier molecular flexibility index (Phi) is 3.67. The van der Waals surface area contributed by atoms with Gasteiger partial charge in [-0.1, -0.05) is 6.07 Å². The van der Waals surface area contributed by atoms with Crippen molar-refractivity contribution in [1.29, 1.82) is 0 Å². The molecule has 1 saturated carbocycles. The van der Waals surface area contributed by atoms with E-state index in [1.807, 2.05) is 31.2 Å². The van der Waals surface area contributed by atoms with Crippen molar-refractivity contribution in [2.45, 2.75) is 38.4 Å². The van der Waals surface area contributed by atoms with E-state index in [1.165, 1.54) is 0 Å². The van der Waals surface area contributed by atoms with Crippen LogP contribution in [0.15, 0.2) is 24.3 Å². The van der Waals surface area contributed by atoms with Crippen LogP contribution in [0.25, 0.3) is 0 Å². The van der Waals surface area contributed by atoms with Crippen LogP contribution in [0.2, 0.25) is 0 Å². The molecule has 2 rings (SSSR count). The van der Waals surface area contributed by atoms with Gasteiger partial charge < -0.3 is 14.6 Å². The van der Waals surface area contributed by atoms with E-state index in [9.17, 15) is 5.11 Å². The van der Waals surface area contributed by atoms with Crippen molar-refractivity contribution in [3.05, 3.63) is 24.3 Å². The molecule has 3 nitrogen and oxygen atoms in total. The zero-order chi connectivity index (χ0) is 11.4. The summed E-state index contributed by atoms with van der Waals surface area (Å²) in [7, 11) is 0. The maximum atomic E-state index is 9.67. The van der Waals surface area contributed by atoms with Gasteiger partial charge in [-0.25, -0.2) is 0 Å². The maximum Gasteiger partial charge on any atom is 0.124 e. The fraction of sp³-hybridized carbons (Fsp3) is 0.538. The van der Waals surface area contributed by atoms with Crippen LogP contribution in [-0.4, -0.2) is 23.9 Å². The molecule has 1 aromatic rings. The molecule has 0 saturated heterocycles. The van der Waals surface area contributed by atoms with Crippen molar-refractivity contribution in [1.82, 2.24) is 0 Å². The lowest BCUT2D eigenvalue weighted by Gasteiger charge is -2.17. The van der Waals surface area contributed by atoms with E-state index >= 15 is 0 Å². The molecule has 0 spiro atoms. The first-order chi connectivity index (χ1) is 7.79. The van der Waals surface area contributed by atoms with Gasteiger partial charge in [-0.15, -0.1) is 0 Å². The first kappa shape index (κ1) is 11.3. The highest BCUT2D eigenvalue weighted by atomic mass is 16.5. The minimum absolute atomic E-state index is 0.0584. The number of hydrogen-bond acceptors (Lipinski definition) is 3. The molecule has 2 atom stereocenters. The molecule has 0 amide bonds. The second-order valence-corrected chi connectivity index (χ2v) is 4.06. The molecule has 0 unspecified atom stereocenters. The second kappa shape index (κ2) is 5.21. The SMILES string of the molecule is CCOc1cccc(O[C@@H]2CCC[C@H]2O)c1. The summed E-state index contributed by atoms with van der Waals surface area (Å²) in [5.74, 6) is 1.59. The Morgan fingerprint density at radius 2 is 2.12 bits per heavy atom. The third kappa shape index (κ3) is 2.67. The Balaban J connectivity index is 2.00. The summed E-state index contributed by atoms with van der Waals surface area (Å²) in [6, 6.07) is 7.57. The number of rotatable bonds is 4. The Labute approximate surface area is 96.0 Å². The lowest BCUT2D eigenvalue weighted by atomic mass is 10.2. The van der Waals surface area contributed by atoms with Crippen molar-refractivity contribution in [3.63, 3.8) is 0 Å². The average Bonchev–Trinajstić information content (AvgIpc) is 2.66. The molecule has 0 aromatic heterocycles. The monoisotopic (exact) mass is 222 g/mol. The number of aliphatic hydroxyl groups is 1. The van der Waals surface area contributed by atoms with E-state index in [2.05, 4.69) is 0 Å². The molecule has 88 valence electrons. The predicted molar refractivity (Wildman–Crippen MR) is 61.9 cm³/mol. The first-order valence-electron chi connectivity index (χ1n) is 5.87. The Morgan fingerprint density at radius 1 is 1.31 bits per heavy atom. The fourth-order valence-electron chi connectivity index (χ4n) is 2.02. The summed E-state index contributed by atoms with van der Waals surface area (Å²) < 4.78 is 11.1. The molecule has 1 aliphatic rings. The van der Waals surface area contributed by atoms with E-state index in [4.69, 9.17) is 9.47 Å². The molecule has 1 fully saturated rings. The van der Waals surface area contributed by atoms with E-state index in [1.54, 1.807) is 0 Å². The summed E-state index contributed by atoms with van der Waals surface area (Å²) in [4.78, 5) is 0. The van der Waals surface area contributed by atoms with Gasteiger partial charge in [-0.05, 0) is 38.3 Å². The average molecular weight is 222 g/mol. The molecule has 0 radical (unpaired) electrons. The zero-order valence-electron chi connectivity index (χ0n) is 9.56. The molecule has 3 heteroatoms. The van der Waals surface area contributed by atoms with E-state index in [0.29, 0.717) is 6.61 Å². The summed E-state index contributed by atoms with van der Waals surface area (Å²) in [6.45, 7) is 2.60. The van der Waals surface area contributed by atoms with Crippen molar-refractivity contribution >= 4 is 0 Å². The summed E-state index contributed by atoms with van der Waals surface area (Å²) in [6.07, 6.45) is 2.43. The predicted octanol–water partition coefficient (Wildman–Crippen LogP) is 2.38. The van der Waals surface area contributed by atoms with Crippen LogP contribution in [0.1, 0.15) is 26.2 Å². The molecular formula is C13H18O3. The number of hydrogen-bond donors (Lipinski definition) is 1. The van der Waals surface area contributed by atoms with Gasteiger partial charge in [-0.3, -0.25) is 0 Å². The first-order valence-corrected chi connectivity index (χ1v) is 5.87. The van der Waals surface area contributed by atoms with Gasteiger partial charge in [0.15, 0.2) is 0 Å². The van der Waals surface area contributed by atoms with Gasteiger partial charge in [0.1, 0.15) is 17.6 Å². The van der Waals surface area contributed by atoms with E-state index in [-0.39, 0.29) is 12.2 Å². The minimum atomic E-state index is -0.323. The molecule has 16 heavy (non-hydrogen) atoms. The summed E-state index contributed by atoms with van der Waals surface area (Å²) >= 11 is 0. The topological polar surface area (TPSA) is 38.7 Å². The smallest absolute Gasteiger partial charge is 0.124 e. The van der Waals surface area contributed by atoms with Crippen LogP contribution in [0.5, 0.6) is 11.5 Å². The minimum Gasteiger partial charge on any atom is -0.494 e. The number of benzene rings is 1. The largest absolute Gasteiger partial charge is 0.494 e. The molecule has 0 heterocycles. The zero-order valence-corrected chi connectivity index (χ0v) is 9.56. The van der Waals surface area contributed by atoms with Crippen LogP contribution in [-0.2, 0) is 0 Å². The normalized spacial score (nSPS) is 24.4. The van der Waals surface area contributed by atoms with E-state index < -0.39 is 0 Å². The van der Waals surface area contributed by atoms with Crippen molar-refractivity contribution < 1.29 is 14.6 Å². The molecule has 1 aromatic carbocycles. The molecule has 1 aliphatic carbocycles. The van der Waals surface area contributed by atoms with Crippen LogP contribution in [0.3, 0.4) is 0 Å². The molecule has 0 aliphatic heterocycles. The third-order valence-electron chi connectivity index (χ3n) is 2.82. The van der Waals surface area contributed by atoms with Crippen molar-refractivity contribution in [3.8, 4) is 11.5 Å². The Hall–Kier alpha value is -1.22. The van der Waals surface area contributed by atoms with E-state index in [0.717, 1.165) is 30.8 Å². The Bertz CT molecular complexity index is 338. The van der Waals surface area contributed by atoms with Crippen LogP contribution in [0, 0.1) is 0 Å². The molecular weight excluding hydrogens is 204 g/mol. The van der Waals surface area contributed by atoms with Gasteiger partial charge in [0, 0.05) is 6.07 Å². The van der Waals surface area contributed by atoms with Gasteiger partial charge >= 0.3 is 0 Å². The van der Waals surface area contributed by atoms with Crippen LogP contribution >= 0.6 is 0 Å². The Morgan fingerprint density at radius 3 is 2.81 bits per heavy atom. The highest BCUT2D eigenvalue weighted by Gasteiger charge is 2.26.